The summed E-state index contributed by atoms with van der Waals surface area (Å²) in [5.74, 6) is -0.749. The second-order valence-electron chi connectivity index (χ2n) is 2.45. The van der Waals surface area contributed by atoms with E-state index in [2.05, 4.69) is 4.74 Å². The molecule has 0 heterocycles. The molecular formula is C7H13NaO6. The zero-order chi connectivity index (χ0) is 10.4. The molecule has 3 atom stereocenters. The number of aldehydes is 1. The summed E-state index contributed by atoms with van der Waals surface area (Å²) in [7, 11) is 0. The zero-order valence-corrected chi connectivity index (χ0v) is 7.08. The Labute approximate surface area is 103 Å². The van der Waals surface area contributed by atoms with Crippen LogP contribution in [0.4, 0.5) is 0 Å². The standard InChI is InChI=1S/C7H12O6.Na.H/c1-4(10)13-6(3-9)7(12)5(11)2-8;;/h3,5-8,11-12H,2H2,1H3;;/t5-,6+,7-;;/m1../s1. The molecular weight excluding hydrogens is 203 g/mol. The van der Waals surface area contributed by atoms with E-state index in [1.807, 2.05) is 0 Å². The van der Waals surface area contributed by atoms with Gasteiger partial charge >= 0.3 is 35.5 Å². The van der Waals surface area contributed by atoms with E-state index in [1.165, 1.54) is 0 Å². The number of esters is 1. The molecule has 78 valence electrons. The number of rotatable bonds is 5. The number of hydrogen-bond acceptors (Lipinski definition) is 6. The summed E-state index contributed by atoms with van der Waals surface area (Å²) in [6.45, 7) is 0.349. The Kier molecular flexibility index (Phi) is 9.80. The van der Waals surface area contributed by atoms with Crippen molar-refractivity contribution >= 4 is 41.8 Å². The van der Waals surface area contributed by atoms with Gasteiger partial charge in [0.05, 0.1) is 6.61 Å². The van der Waals surface area contributed by atoms with Crippen LogP contribution in [0.2, 0.25) is 0 Å². The average Bonchev–Trinajstić information content (AvgIpc) is 2.11. The summed E-state index contributed by atoms with van der Waals surface area (Å²) < 4.78 is 4.36. The fourth-order valence-corrected chi connectivity index (χ4v) is 0.697. The van der Waals surface area contributed by atoms with Gasteiger partial charge in [0.1, 0.15) is 12.2 Å². The van der Waals surface area contributed by atoms with E-state index >= 15 is 0 Å². The van der Waals surface area contributed by atoms with E-state index in [4.69, 9.17) is 15.3 Å². The van der Waals surface area contributed by atoms with Gasteiger partial charge in [-0.1, -0.05) is 0 Å². The van der Waals surface area contributed by atoms with Crippen molar-refractivity contribution in [2.75, 3.05) is 6.61 Å². The van der Waals surface area contributed by atoms with Gasteiger partial charge in [0.2, 0.25) is 0 Å². The monoisotopic (exact) mass is 216 g/mol. The summed E-state index contributed by atoms with van der Waals surface area (Å²) in [6, 6.07) is 0. The van der Waals surface area contributed by atoms with Crippen LogP contribution in [0.15, 0.2) is 0 Å². The van der Waals surface area contributed by atoms with Crippen LogP contribution >= 0.6 is 0 Å². The molecule has 7 heteroatoms. The third-order valence-corrected chi connectivity index (χ3v) is 1.35. The first kappa shape index (κ1) is 16.4. The van der Waals surface area contributed by atoms with Crippen LogP contribution in [0.5, 0.6) is 0 Å². The second kappa shape index (κ2) is 8.34. The molecule has 0 aromatic rings. The number of hydrogen-bond donors (Lipinski definition) is 3. The molecule has 3 N–H and O–H groups in total. The number of aliphatic hydroxyl groups is 3. The third kappa shape index (κ3) is 5.69. The first-order valence-electron chi connectivity index (χ1n) is 3.62. The molecule has 0 fully saturated rings. The van der Waals surface area contributed by atoms with Crippen LogP contribution in [0.1, 0.15) is 6.92 Å². The average molecular weight is 216 g/mol. The van der Waals surface area contributed by atoms with E-state index < -0.39 is 30.9 Å². The van der Waals surface area contributed by atoms with Crippen molar-refractivity contribution in [1.82, 2.24) is 0 Å². The van der Waals surface area contributed by atoms with Gasteiger partial charge in [-0.05, 0) is 0 Å². The molecule has 0 aromatic carbocycles. The predicted molar refractivity (Wildman–Crippen MR) is 47.9 cm³/mol. The molecule has 0 aliphatic carbocycles. The molecule has 0 saturated heterocycles. The van der Waals surface area contributed by atoms with Crippen LogP contribution < -0.4 is 0 Å². The molecule has 0 aliphatic rings. The van der Waals surface area contributed by atoms with Crippen LogP contribution in [-0.4, -0.2) is 82.1 Å². The second-order valence-corrected chi connectivity index (χ2v) is 2.45. The van der Waals surface area contributed by atoms with Crippen LogP contribution in [-0.2, 0) is 14.3 Å². The van der Waals surface area contributed by atoms with Crippen molar-refractivity contribution < 1.29 is 29.6 Å². The van der Waals surface area contributed by atoms with E-state index in [9.17, 15) is 9.59 Å². The minimum atomic E-state index is -1.61. The van der Waals surface area contributed by atoms with E-state index in [0.29, 0.717) is 0 Å². The molecule has 14 heavy (non-hydrogen) atoms. The Bertz CT molecular complexity index is 185. The summed E-state index contributed by atoms with van der Waals surface area (Å²) in [5.41, 5.74) is 0. The van der Waals surface area contributed by atoms with Gasteiger partial charge in [-0.3, -0.25) is 9.59 Å². The maximum absolute atomic E-state index is 10.4. The van der Waals surface area contributed by atoms with Crippen LogP contribution in [0.25, 0.3) is 0 Å². The number of carbonyl (C=O) groups is 2. The summed E-state index contributed by atoms with van der Waals surface area (Å²) in [5, 5.41) is 26.4. The van der Waals surface area contributed by atoms with Gasteiger partial charge in [0.15, 0.2) is 12.4 Å². The summed E-state index contributed by atoms with van der Waals surface area (Å²) in [4.78, 5) is 20.7. The molecule has 0 radical (unpaired) electrons. The van der Waals surface area contributed by atoms with Gasteiger partial charge in [-0.15, -0.1) is 0 Å². The van der Waals surface area contributed by atoms with Gasteiger partial charge in [-0.25, -0.2) is 0 Å². The molecule has 0 unspecified atom stereocenters. The number of carbonyl (C=O) groups excluding carboxylic acids is 2. The molecule has 0 saturated carbocycles. The first-order chi connectivity index (χ1) is 6.02. The van der Waals surface area contributed by atoms with Crippen molar-refractivity contribution in [3.05, 3.63) is 0 Å². The number of ether oxygens (including phenoxy) is 1. The van der Waals surface area contributed by atoms with Crippen molar-refractivity contribution in [2.45, 2.75) is 25.2 Å². The molecule has 0 aromatic heterocycles. The van der Waals surface area contributed by atoms with Gasteiger partial charge in [0.25, 0.3) is 0 Å². The Balaban J connectivity index is 0. The Morgan fingerprint density at radius 2 is 2.00 bits per heavy atom. The zero-order valence-electron chi connectivity index (χ0n) is 7.08. The van der Waals surface area contributed by atoms with Crippen molar-refractivity contribution in [3.63, 3.8) is 0 Å². The molecule has 0 rings (SSSR count). The SMILES string of the molecule is CC(=O)O[C@@H](C=O)[C@H](O)[C@H](O)CO.[NaH]. The van der Waals surface area contributed by atoms with Crippen molar-refractivity contribution in [2.24, 2.45) is 0 Å². The first-order valence-corrected chi connectivity index (χ1v) is 3.62. The minimum absolute atomic E-state index is 0. The Morgan fingerprint density at radius 1 is 1.50 bits per heavy atom. The van der Waals surface area contributed by atoms with E-state index in [0.717, 1.165) is 6.92 Å². The quantitative estimate of drug-likeness (QED) is 0.260. The number of aliphatic hydroxyl groups excluding tert-OH is 3. The van der Waals surface area contributed by atoms with Crippen molar-refractivity contribution in [3.8, 4) is 0 Å². The van der Waals surface area contributed by atoms with Crippen LogP contribution in [0.3, 0.4) is 0 Å². The molecule has 6 nitrogen and oxygen atoms in total. The van der Waals surface area contributed by atoms with Gasteiger partial charge in [-0.2, -0.15) is 0 Å². The van der Waals surface area contributed by atoms with E-state index in [-0.39, 0.29) is 35.8 Å². The van der Waals surface area contributed by atoms with Crippen molar-refractivity contribution in [1.29, 1.82) is 0 Å². The fourth-order valence-electron chi connectivity index (χ4n) is 0.697. The third-order valence-electron chi connectivity index (χ3n) is 1.35. The molecule has 0 spiro atoms. The van der Waals surface area contributed by atoms with E-state index in [1.54, 1.807) is 0 Å². The Morgan fingerprint density at radius 3 is 2.29 bits per heavy atom. The van der Waals surface area contributed by atoms with Crippen LogP contribution in [0, 0.1) is 0 Å². The Hall–Kier alpha value is 0.0200. The molecule has 0 amide bonds. The normalized spacial score (nSPS) is 16.0. The molecule has 0 aliphatic heterocycles. The fraction of sp³-hybridized carbons (Fsp3) is 0.714. The summed E-state index contributed by atoms with van der Waals surface area (Å²) in [6.07, 6.45) is -4.37. The molecule has 0 bridgehead atoms. The summed E-state index contributed by atoms with van der Waals surface area (Å²) >= 11 is 0. The topological polar surface area (TPSA) is 104 Å². The maximum atomic E-state index is 10.4. The predicted octanol–water partition coefficient (Wildman–Crippen LogP) is -2.82. The van der Waals surface area contributed by atoms with Gasteiger partial charge in [0, 0.05) is 6.92 Å². The van der Waals surface area contributed by atoms with Gasteiger partial charge < -0.3 is 20.1 Å².